The van der Waals surface area contributed by atoms with Gasteiger partial charge < -0.3 is 0 Å². The van der Waals surface area contributed by atoms with E-state index in [0.717, 1.165) is 71.4 Å². The molecular weight excluding hydrogens is 562 g/mol. The quantitative estimate of drug-likeness (QED) is 0.152. The third kappa shape index (κ3) is 4.44. The van der Waals surface area contributed by atoms with Crippen LogP contribution in [0.25, 0.3) is 81.8 Å². The molecule has 0 saturated heterocycles. The highest BCUT2D eigenvalue weighted by Gasteiger charge is 2.19. The number of nitrogens with zero attached hydrogens (tertiary/aromatic N) is 5. The van der Waals surface area contributed by atoms with Crippen molar-refractivity contribution < 1.29 is 0 Å². The van der Waals surface area contributed by atoms with E-state index >= 15 is 0 Å². The first-order chi connectivity index (χ1) is 22.7. The first-order valence-corrected chi connectivity index (χ1v) is 14.8. The van der Waals surface area contributed by atoms with Crippen LogP contribution < -0.4 is 0 Å². The normalized spacial score (nSPS) is 11.0. The Morgan fingerprint density at radius 2 is 1.11 bits per heavy atom. The number of pyridine rings is 3. The van der Waals surface area contributed by atoms with Gasteiger partial charge in [0, 0.05) is 47.7 Å². The van der Waals surface area contributed by atoms with Crippen molar-refractivity contribution in [1.82, 2.24) is 15.0 Å². The summed E-state index contributed by atoms with van der Waals surface area (Å²) in [5.74, 6) is 0. The van der Waals surface area contributed by atoms with Gasteiger partial charge in [0.1, 0.15) is 6.07 Å². The van der Waals surface area contributed by atoms with Crippen LogP contribution in [0.15, 0.2) is 140 Å². The van der Waals surface area contributed by atoms with E-state index in [1.807, 2.05) is 30.6 Å². The number of nitriles is 1. The van der Waals surface area contributed by atoms with Gasteiger partial charge >= 0.3 is 0 Å². The fourth-order valence-electron chi connectivity index (χ4n) is 6.49. The van der Waals surface area contributed by atoms with Gasteiger partial charge in [0.25, 0.3) is 0 Å². The maximum absolute atomic E-state index is 9.50. The zero-order chi connectivity index (χ0) is 31.0. The Hall–Kier alpha value is -6.69. The number of benzene rings is 5. The van der Waals surface area contributed by atoms with Gasteiger partial charge in [-0.1, -0.05) is 91.0 Å². The molecule has 3 heterocycles. The predicted octanol–water partition coefficient (Wildman–Crippen LogP) is 10.4. The van der Waals surface area contributed by atoms with Gasteiger partial charge in [-0.2, -0.15) is 5.26 Å². The molecule has 5 aromatic carbocycles. The second-order valence-corrected chi connectivity index (χ2v) is 11.1. The molecule has 0 aliphatic heterocycles. The van der Waals surface area contributed by atoms with Crippen molar-refractivity contribution in [3.05, 3.63) is 157 Å². The topological polar surface area (TPSA) is 66.8 Å². The van der Waals surface area contributed by atoms with Crippen LogP contribution >= 0.6 is 0 Å². The molecule has 0 fully saturated rings. The molecule has 8 rings (SSSR count). The summed E-state index contributed by atoms with van der Waals surface area (Å²) in [7, 11) is 0. The van der Waals surface area contributed by atoms with Gasteiger partial charge in [-0.3, -0.25) is 15.0 Å². The summed E-state index contributed by atoms with van der Waals surface area (Å²) in [6.07, 6.45) is 8.63. The van der Waals surface area contributed by atoms with Crippen molar-refractivity contribution in [3.63, 3.8) is 0 Å². The van der Waals surface area contributed by atoms with Crippen molar-refractivity contribution in [3.8, 4) is 50.7 Å². The molecule has 46 heavy (non-hydrogen) atoms. The third-order valence-electron chi connectivity index (χ3n) is 8.50. The van der Waals surface area contributed by atoms with Gasteiger partial charge in [-0.25, -0.2) is 4.85 Å². The van der Waals surface area contributed by atoms with Crippen LogP contribution in [-0.4, -0.2) is 15.0 Å². The number of hydrogen-bond donors (Lipinski definition) is 0. The molecule has 0 bridgehead atoms. The summed E-state index contributed by atoms with van der Waals surface area (Å²) in [5.41, 5.74) is 9.03. The van der Waals surface area contributed by atoms with E-state index in [9.17, 15) is 5.26 Å². The Morgan fingerprint density at radius 1 is 0.522 bits per heavy atom. The van der Waals surface area contributed by atoms with Gasteiger partial charge in [0.05, 0.1) is 17.8 Å². The molecule has 3 aromatic heterocycles. The van der Waals surface area contributed by atoms with Crippen LogP contribution in [0.5, 0.6) is 0 Å². The van der Waals surface area contributed by atoms with E-state index < -0.39 is 0 Å². The monoisotopic (exact) mass is 585 g/mol. The van der Waals surface area contributed by atoms with Crippen molar-refractivity contribution in [1.29, 1.82) is 5.26 Å². The SMILES string of the molecule is [C-]#[N+]c1cncc(-c2ccc(-c3c4ccccc4c(-c4ccc(-c5cncc(C#N)c5)c5ccccc45)c4ccccc34)cn2)c1. The van der Waals surface area contributed by atoms with E-state index in [1.165, 1.54) is 5.56 Å². The summed E-state index contributed by atoms with van der Waals surface area (Å²) in [5, 5.41) is 16.3. The predicted molar refractivity (Wildman–Crippen MR) is 185 cm³/mol. The van der Waals surface area contributed by atoms with Crippen LogP contribution in [0.3, 0.4) is 0 Å². The maximum atomic E-state index is 9.50. The first-order valence-electron chi connectivity index (χ1n) is 14.8. The average Bonchev–Trinajstić information content (AvgIpc) is 3.13. The van der Waals surface area contributed by atoms with E-state index in [1.54, 1.807) is 18.6 Å². The fraction of sp³-hybridized carbons (Fsp3) is 0. The van der Waals surface area contributed by atoms with Crippen molar-refractivity contribution in [2.24, 2.45) is 0 Å². The third-order valence-corrected chi connectivity index (χ3v) is 8.50. The Kier molecular flexibility index (Phi) is 6.49. The highest BCUT2D eigenvalue weighted by molar-refractivity contribution is 6.24. The summed E-state index contributed by atoms with van der Waals surface area (Å²) in [4.78, 5) is 16.9. The standard InChI is InChI=1S/C41H23N5/c1-43-30-19-29(23-45-25-30)39-17-14-27(24-46-39)40-34-10-4-6-12-36(34)41(37-13-7-5-11-35(37)40)38-16-15-31(32-8-2-3-9-33(32)38)28-18-26(20-42)21-44-22-28/h2-19,21-25H. The molecule has 0 N–H and O–H groups in total. The zero-order valence-electron chi connectivity index (χ0n) is 24.5. The van der Waals surface area contributed by atoms with Gasteiger partial charge in [0.15, 0.2) is 0 Å². The Labute approximate surface area is 265 Å². The van der Waals surface area contributed by atoms with Crippen LogP contribution in [0.1, 0.15) is 5.56 Å². The van der Waals surface area contributed by atoms with Crippen LogP contribution in [-0.2, 0) is 0 Å². The Bertz CT molecular complexity index is 2500. The zero-order valence-corrected chi connectivity index (χ0v) is 24.5. The molecule has 5 heteroatoms. The molecule has 0 amide bonds. The van der Waals surface area contributed by atoms with Gasteiger partial charge in [0.2, 0.25) is 5.69 Å². The Morgan fingerprint density at radius 3 is 1.74 bits per heavy atom. The molecule has 0 atom stereocenters. The maximum Gasteiger partial charge on any atom is 0.205 e. The largest absolute Gasteiger partial charge is 0.276 e. The first kappa shape index (κ1) is 26.9. The summed E-state index contributed by atoms with van der Waals surface area (Å²) in [6, 6.07) is 40.0. The summed E-state index contributed by atoms with van der Waals surface area (Å²) < 4.78 is 0. The highest BCUT2D eigenvalue weighted by atomic mass is 14.7. The minimum atomic E-state index is 0.490. The van der Waals surface area contributed by atoms with Crippen LogP contribution in [0.4, 0.5) is 5.69 Å². The molecule has 8 aromatic rings. The lowest BCUT2D eigenvalue weighted by Crippen LogP contribution is -1.93. The van der Waals surface area contributed by atoms with Crippen LogP contribution in [0.2, 0.25) is 0 Å². The molecule has 0 spiro atoms. The minimum absolute atomic E-state index is 0.490. The minimum Gasteiger partial charge on any atom is -0.276 e. The van der Waals surface area contributed by atoms with Crippen LogP contribution in [0, 0.1) is 17.9 Å². The molecule has 0 aliphatic rings. The van der Waals surface area contributed by atoms with Crippen molar-refractivity contribution in [2.75, 3.05) is 0 Å². The second kappa shape index (κ2) is 11.1. The second-order valence-electron chi connectivity index (χ2n) is 11.1. The Balaban J connectivity index is 1.37. The molecule has 0 unspecified atom stereocenters. The number of fused-ring (bicyclic) bond motifs is 3. The smallest absolute Gasteiger partial charge is 0.205 e. The average molecular weight is 586 g/mol. The lowest BCUT2D eigenvalue weighted by Gasteiger charge is -2.19. The van der Waals surface area contributed by atoms with E-state index in [-0.39, 0.29) is 0 Å². The summed E-state index contributed by atoms with van der Waals surface area (Å²) >= 11 is 0. The van der Waals surface area contributed by atoms with Crippen molar-refractivity contribution >= 4 is 38.0 Å². The van der Waals surface area contributed by atoms with E-state index in [2.05, 4.69) is 112 Å². The molecular formula is C41H23N5. The summed E-state index contributed by atoms with van der Waals surface area (Å²) in [6.45, 7) is 7.34. The van der Waals surface area contributed by atoms with E-state index in [4.69, 9.17) is 11.6 Å². The lowest BCUT2D eigenvalue weighted by molar-refractivity contribution is 1.28. The molecule has 0 aliphatic carbocycles. The molecule has 0 saturated carbocycles. The van der Waals surface area contributed by atoms with Gasteiger partial charge in [-0.15, -0.1) is 0 Å². The highest BCUT2D eigenvalue weighted by Crippen LogP contribution is 2.46. The molecule has 5 nitrogen and oxygen atoms in total. The van der Waals surface area contributed by atoms with E-state index in [0.29, 0.717) is 11.3 Å². The number of aromatic nitrogens is 3. The molecule has 0 radical (unpaired) electrons. The lowest BCUT2D eigenvalue weighted by atomic mass is 9.84. The van der Waals surface area contributed by atoms with Crippen molar-refractivity contribution in [2.45, 2.75) is 0 Å². The number of rotatable bonds is 4. The molecule has 212 valence electrons. The fourth-order valence-corrected chi connectivity index (χ4v) is 6.49. The number of hydrogen-bond acceptors (Lipinski definition) is 4. The van der Waals surface area contributed by atoms with Gasteiger partial charge in [-0.05, 0) is 72.8 Å².